The average molecular weight is 193 g/mol. The Hall–Kier alpha value is -0.960. The van der Waals surface area contributed by atoms with Gasteiger partial charge in [0.1, 0.15) is 5.82 Å². The van der Waals surface area contributed by atoms with Gasteiger partial charge in [0.15, 0.2) is 0 Å². The van der Waals surface area contributed by atoms with Crippen LogP contribution in [0.4, 0.5) is 0 Å². The molecule has 0 bridgehead atoms. The standard InChI is InChI=1S/C11H19N3/c1-4-12-10(9(2)3)8-11-13-6-5-7-14-11/h5-7,9-10,12H,4,8H2,1-3H3. The largest absolute Gasteiger partial charge is 0.314 e. The maximum atomic E-state index is 4.23. The first kappa shape index (κ1) is 11.1. The van der Waals surface area contributed by atoms with Crippen molar-refractivity contribution in [3.63, 3.8) is 0 Å². The third-order valence-electron chi connectivity index (χ3n) is 2.29. The number of hydrogen-bond acceptors (Lipinski definition) is 3. The first-order chi connectivity index (χ1) is 6.74. The highest BCUT2D eigenvalue weighted by Crippen LogP contribution is 2.06. The molecule has 0 fully saturated rings. The van der Waals surface area contributed by atoms with Gasteiger partial charge in [0.05, 0.1) is 0 Å². The van der Waals surface area contributed by atoms with E-state index in [-0.39, 0.29) is 0 Å². The summed E-state index contributed by atoms with van der Waals surface area (Å²) in [6.07, 6.45) is 4.50. The van der Waals surface area contributed by atoms with E-state index in [4.69, 9.17) is 0 Å². The Bertz CT molecular complexity index is 246. The first-order valence-electron chi connectivity index (χ1n) is 5.23. The van der Waals surface area contributed by atoms with Crippen LogP contribution in [0.15, 0.2) is 18.5 Å². The fourth-order valence-electron chi connectivity index (χ4n) is 1.44. The molecule has 0 saturated heterocycles. The van der Waals surface area contributed by atoms with Crippen LogP contribution in [0.1, 0.15) is 26.6 Å². The maximum absolute atomic E-state index is 4.23. The molecule has 1 rings (SSSR count). The molecule has 3 heteroatoms. The van der Waals surface area contributed by atoms with Crippen LogP contribution in [-0.4, -0.2) is 22.6 Å². The van der Waals surface area contributed by atoms with Gasteiger partial charge in [0.25, 0.3) is 0 Å². The number of nitrogens with zero attached hydrogens (tertiary/aromatic N) is 2. The summed E-state index contributed by atoms with van der Waals surface area (Å²) in [5.74, 6) is 1.53. The van der Waals surface area contributed by atoms with E-state index >= 15 is 0 Å². The zero-order valence-corrected chi connectivity index (χ0v) is 9.20. The fourth-order valence-corrected chi connectivity index (χ4v) is 1.44. The van der Waals surface area contributed by atoms with Crippen molar-refractivity contribution in [3.8, 4) is 0 Å². The van der Waals surface area contributed by atoms with Gasteiger partial charge in [-0.1, -0.05) is 20.8 Å². The zero-order valence-electron chi connectivity index (χ0n) is 9.20. The molecule has 0 amide bonds. The Morgan fingerprint density at radius 1 is 1.29 bits per heavy atom. The second kappa shape index (κ2) is 5.70. The summed E-state index contributed by atoms with van der Waals surface area (Å²) >= 11 is 0. The van der Waals surface area contributed by atoms with Crippen LogP contribution in [-0.2, 0) is 6.42 Å². The topological polar surface area (TPSA) is 37.8 Å². The van der Waals surface area contributed by atoms with Crippen molar-refractivity contribution < 1.29 is 0 Å². The molecule has 0 aliphatic rings. The highest BCUT2D eigenvalue weighted by Gasteiger charge is 2.13. The number of hydrogen-bond donors (Lipinski definition) is 1. The molecular formula is C11H19N3. The Labute approximate surface area is 86.0 Å². The molecule has 0 saturated carbocycles. The van der Waals surface area contributed by atoms with Crippen LogP contribution in [0, 0.1) is 5.92 Å². The lowest BCUT2D eigenvalue weighted by molar-refractivity contribution is 0.399. The van der Waals surface area contributed by atoms with Gasteiger partial charge in [-0.05, 0) is 18.5 Å². The highest BCUT2D eigenvalue weighted by molar-refractivity contribution is 4.92. The molecule has 14 heavy (non-hydrogen) atoms. The molecule has 0 radical (unpaired) electrons. The lowest BCUT2D eigenvalue weighted by Gasteiger charge is -2.20. The van der Waals surface area contributed by atoms with Gasteiger partial charge < -0.3 is 5.32 Å². The van der Waals surface area contributed by atoms with Crippen molar-refractivity contribution in [3.05, 3.63) is 24.3 Å². The van der Waals surface area contributed by atoms with Crippen LogP contribution in [0.25, 0.3) is 0 Å². The summed E-state index contributed by atoms with van der Waals surface area (Å²) < 4.78 is 0. The smallest absolute Gasteiger partial charge is 0.129 e. The van der Waals surface area contributed by atoms with Gasteiger partial charge in [-0.25, -0.2) is 9.97 Å². The second-order valence-electron chi connectivity index (χ2n) is 3.78. The Kier molecular flexibility index (Phi) is 4.53. The van der Waals surface area contributed by atoms with E-state index in [1.807, 2.05) is 6.07 Å². The Balaban J connectivity index is 2.55. The van der Waals surface area contributed by atoms with Gasteiger partial charge in [0.2, 0.25) is 0 Å². The first-order valence-corrected chi connectivity index (χ1v) is 5.23. The second-order valence-corrected chi connectivity index (χ2v) is 3.78. The molecule has 3 nitrogen and oxygen atoms in total. The van der Waals surface area contributed by atoms with Crippen LogP contribution in [0.2, 0.25) is 0 Å². The molecule has 1 aromatic heterocycles. The number of aromatic nitrogens is 2. The van der Waals surface area contributed by atoms with Crippen molar-refractivity contribution in [2.75, 3.05) is 6.54 Å². The molecule has 1 heterocycles. The minimum absolute atomic E-state index is 0.474. The molecule has 1 atom stereocenters. The third kappa shape index (κ3) is 3.42. The fraction of sp³-hybridized carbons (Fsp3) is 0.636. The zero-order chi connectivity index (χ0) is 10.4. The van der Waals surface area contributed by atoms with Crippen LogP contribution in [0.3, 0.4) is 0 Å². The molecule has 0 aliphatic carbocycles. The molecule has 0 spiro atoms. The van der Waals surface area contributed by atoms with E-state index in [1.54, 1.807) is 12.4 Å². The van der Waals surface area contributed by atoms with Gasteiger partial charge in [-0.3, -0.25) is 0 Å². The molecule has 1 aromatic rings. The quantitative estimate of drug-likeness (QED) is 0.772. The van der Waals surface area contributed by atoms with Crippen molar-refractivity contribution in [2.24, 2.45) is 5.92 Å². The summed E-state index contributed by atoms with van der Waals surface area (Å²) in [7, 11) is 0. The van der Waals surface area contributed by atoms with Crippen molar-refractivity contribution in [2.45, 2.75) is 33.2 Å². The molecule has 1 unspecified atom stereocenters. The number of nitrogens with one attached hydrogen (secondary N) is 1. The number of likely N-dealkylation sites (N-methyl/N-ethyl adjacent to an activating group) is 1. The molecule has 0 aromatic carbocycles. The number of rotatable bonds is 5. The lowest BCUT2D eigenvalue weighted by atomic mass is 10.0. The van der Waals surface area contributed by atoms with E-state index in [9.17, 15) is 0 Å². The maximum Gasteiger partial charge on any atom is 0.129 e. The summed E-state index contributed by atoms with van der Waals surface area (Å²) in [5.41, 5.74) is 0. The Morgan fingerprint density at radius 2 is 1.93 bits per heavy atom. The molecule has 0 aliphatic heterocycles. The minimum atomic E-state index is 0.474. The van der Waals surface area contributed by atoms with Crippen LogP contribution in [0.5, 0.6) is 0 Å². The lowest BCUT2D eigenvalue weighted by Crippen LogP contribution is -2.36. The SMILES string of the molecule is CCNC(Cc1ncccn1)C(C)C. The minimum Gasteiger partial charge on any atom is -0.314 e. The van der Waals surface area contributed by atoms with Crippen LogP contribution >= 0.6 is 0 Å². The summed E-state index contributed by atoms with van der Waals surface area (Å²) in [6, 6.07) is 2.32. The average Bonchev–Trinajstić information content (AvgIpc) is 2.18. The van der Waals surface area contributed by atoms with Crippen molar-refractivity contribution in [1.82, 2.24) is 15.3 Å². The van der Waals surface area contributed by atoms with Gasteiger partial charge in [0, 0.05) is 24.9 Å². The Morgan fingerprint density at radius 3 is 2.43 bits per heavy atom. The molecule has 78 valence electrons. The summed E-state index contributed by atoms with van der Waals surface area (Å²) in [5, 5.41) is 3.45. The van der Waals surface area contributed by atoms with E-state index in [0.29, 0.717) is 12.0 Å². The van der Waals surface area contributed by atoms with E-state index in [1.165, 1.54) is 0 Å². The van der Waals surface area contributed by atoms with Gasteiger partial charge in [-0.2, -0.15) is 0 Å². The van der Waals surface area contributed by atoms with Crippen LogP contribution < -0.4 is 5.32 Å². The monoisotopic (exact) mass is 193 g/mol. The summed E-state index contributed by atoms with van der Waals surface area (Å²) in [6.45, 7) is 7.56. The predicted molar refractivity (Wildman–Crippen MR) is 58.0 cm³/mol. The summed E-state index contributed by atoms with van der Waals surface area (Å²) in [4.78, 5) is 8.46. The van der Waals surface area contributed by atoms with E-state index < -0.39 is 0 Å². The molecular weight excluding hydrogens is 174 g/mol. The van der Waals surface area contributed by atoms with E-state index in [0.717, 1.165) is 18.8 Å². The molecule has 1 N–H and O–H groups in total. The third-order valence-corrected chi connectivity index (χ3v) is 2.29. The van der Waals surface area contributed by atoms with Crippen molar-refractivity contribution in [1.29, 1.82) is 0 Å². The van der Waals surface area contributed by atoms with Gasteiger partial charge >= 0.3 is 0 Å². The van der Waals surface area contributed by atoms with Gasteiger partial charge in [-0.15, -0.1) is 0 Å². The van der Waals surface area contributed by atoms with E-state index in [2.05, 4.69) is 36.1 Å². The normalized spacial score (nSPS) is 13.1. The highest BCUT2D eigenvalue weighted by atomic mass is 14.9. The predicted octanol–water partition coefficient (Wildman–Crippen LogP) is 1.65. The van der Waals surface area contributed by atoms with Crippen molar-refractivity contribution >= 4 is 0 Å².